The van der Waals surface area contributed by atoms with Gasteiger partial charge in [0.25, 0.3) is 0 Å². The van der Waals surface area contributed by atoms with Crippen LogP contribution in [0.15, 0.2) is 30.3 Å². The molecule has 0 saturated heterocycles. The van der Waals surface area contributed by atoms with Crippen LogP contribution in [0.5, 0.6) is 28.7 Å². The Morgan fingerprint density at radius 3 is 2.29 bits per heavy atom. The fourth-order valence-corrected chi connectivity index (χ4v) is 2.71. The van der Waals surface area contributed by atoms with Crippen molar-refractivity contribution >= 4 is 0 Å². The smallest absolute Gasteiger partial charge is 0.231 e. The molecule has 6 nitrogen and oxygen atoms in total. The van der Waals surface area contributed by atoms with Crippen LogP contribution < -0.4 is 29.0 Å². The molecule has 0 amide bonds. The molecule has 0 fully saturated rings. The van der Waals surface area contributed by atoms with Gasteiger partial charge in [-0.15, -0.1) is 0 Å². The minimum absolute atomic E-state index is 0.297. The molecule has 0 aliphatic carbocycles. The second-order valence-corrected chi connectivity index (χ2v) is 5.40. The number of fused-ring (bicyclic) bond motifs is 1. The van der Waals surface area contributed by atoms with Gasteiger partial charge >= 0.3 is 0 Å². The third kappa shape index (κ3) is 3.33. The number of benzene rings is 2. The quantitative estimate of drug-likeness (QED) is 0.836. The molecule has 2 aromatic rings. The van der Waals surface area contributed by atoms with Gasteiger partial charge in [0.05, 0.1) is 26.9 Å². The zero-order valence-electron chi connectivity index (χ0n) is 14.1. The molecule has 6 heteroatoms. The fourth-order valence-electron chi connectivity index (χ4n) is 2.71. The lowest BCUT2D eigenvalue weighted by atomic mass is 10.1. The highest BCUT2D eigenvalue weighted by atomic mass is 16.7. The molecule has 1 heterocycles. The summed E-state index contributed by atoms with van der Waals surface area (Å²) in [5.41, 5.74) is 2.23. The lowest BCUT2D eigenvalue weighted by molar-refractivity contribution is -0.686. The van der Waals surface area contributed by atoms with Crippen molar-refractivity contribution in [3.05, 3.63) is 41.5 Å². The molecular weight excluding hydrogens is 310 g/mol. The number of quaternary nitrogens is 1. The number of nitrogens with two attached hydrogens (primary N) is 1. The molecule has 0 saturated carbocycles. The minimum atomic E-state index is 0.297. The number of hydrogen-bond acceptors (Lipinski definition) is 5. The van der Waals surface area contributed by atoms with E-state index in [2.05, 4.69) is 11.4 Å². The zero-order valence-corrected chi connectivity index (χ0v) is 14.1. The Morgan fingerprint density at radius 2 is 1.54 bits per heavy atom. The van der Waals surface area contributed by atoms with Gasteiger partial charge in [-0.25, -0.2) is 0 Å². The van der Waals surface area contributed by atoms with Crippen LogP contribution in [0.2, 0.25) is 0 Å². The van der Waals surface area contributed by atoms with E-state index in [1.54, 1.807) is 21.3 Å². The summed E-state index contributed by atoms with van der Waals surface area (Å²) in [5, 5.41) is 2.20. The Labute approximate surface area is 141 Å². The van der Waals surface area contributed by atoms with Gasteiger partial charge in [0, 0.05) is 11.6 Å². The fraction of sp³-hybridized carbons (Fsp3) is 0.333. The van der Waals surface area contributed by atoms with Gasteiger partial charge in [0.2, 0.25) is 6.79 Å². The summed E-state index contributed by atoms with van der Waals surface area (Å²) in [6, 6.07) is 9.82. The van der Waals surface area contributed by atoms with Crippen molar-refractivity contribution in [3.8, 4) is 28.7 Å². The van der Waals surface area contributed by atoms with Crippen LogP contribution in [0.25, 0.3) is 0 Å². The Morgan fingerprint density at radius 1 is 0.833 bits per heavy atom. The monoisotopic (exact) mass is 332 g/mol. The molecule has 0 radical (unpaired) electrons. The lowest BCUT2D eigenvalue weighted by Crippen LogP contribution is -2.80. The van der Waals surface area contributed by atoms with E-state index in [0.717, 1.165) is 35.9 Å². The second-order valence-electron chi connectivity index (χ2n) is 5.40. The number of ether oxygens (including phenoxy) is 5. The van der Waals surface area contributed by atoms with Gasteiger partial charge in [-0.1, -0.05) is 0 Å². The average molecular weight is 332 g/mol. The normalized spacial score (nSPS) is 12.1. The highest BCUT2D eigenvalue weighted by Gasteiger charge is 2.15. The zero-order chi connectivity index (χ0) is 16.9. The molecule has 2 aromatic carbocycles. The first-order valence-corrected chi connectivity index (χ1v) is 7.74. The summed E-state index contributed by atoms with van der Waals surface area (Å²) < 4.78 is 26.9. The average Bonchev–Trinajstić information content (AvgIpc) is 3.09. The van der Waals surface area contributed by atoms with E-state index >= 15 is 0 Å². The largest absolute Gasteiger partial charge is 0.496 e. The van der Waals surface area contributed by atoms with E-state index in [1.165, 1.54) is 5.56 Å². The minimum Gasteiger partial charge on any atom is -0.496 e. The Hall–Kier alpha value is -2.60. The molecule has 24 heavy (non-hydrogen) atoms. The molecule has 0 bridgehead atoms. The SMILES string of the molecule is COc1cc(OC)c(OC)cc1C[NH2+]Cc1ccc2c(c1)OCO2. The summed E-state index contributed by atoms with van der Waals surface area (Å²) in [4.78, 5) is 0. The van der Waals surface area contributed by atoms with Gasteiger partial charge in [-0.05, 0) is 24.3 Å². The van der Waals surface area contributed by atoms with Crippen LogP contribution in [-0.2, 0) is 13.1 Å². The van der Waals surface area contributed by atoms with Crippen molar-refractivity contribution in [2.24, 2.45) is 0 Å². The second kappa shape index (κ2) is 7.31. The van der Waals surface area contributed by atoms with Gasteiger partial charge in [0.15, 0.2) is 23.0 Å². The molecule has 0 aromatic heterocycles. The predicted octanol–water partition coefficient (Wildman–Crippen LogP) is 1.70. The van der Waals surface area contributed by atoms with E-state index in [9.17, 15) is 0 Å². The van der Waals surface area contributed by atoms with Crippen LogP contribution in [0.1, 0.15) is 11.1 Å². The molecule has 0 atom stereocenters. The molecular formula is C18H22NO5+. The van der Waals surface area contributed by atoms with Crippen LogP contribution in [0, 0.1) is 0 Å². The van der Waals surface area contributed by atoms with Gasteiger partial charge in [-0.2, -0.15) is 0 Å². The van der Waals surface area contributed by atoms with Crippen molar-refractivity contribution in [2.75, 3.05) is 28.1 Å². The van der Waals surface area contributed by atoms with Crippen molar-refractivity contribution < 1.29 is 29.0 Å². The maximum absolute atomic E-state index is 5.46. The molecule has 2 N–H and O–H groups in total. The molecule has 0 spiro atoms. The van der Waals surface area contributed by atoms with Crippen LogP contribution in [-0.4, -0.2) is 28.1 Å². The van der Waals surface area contributed by atoms with Crippen LogP contribution >= 0.6 is 0 Å². The number of hydrogen-bond donors (Lipinski definition) is 1. The summed E-state index contributed by atoms with van der Waals surface area (Å²) in [6.07, 6.45) is 0. The highest BCUT2D eigenvalue weighted by Crippen LogP contribution is 2.34. The molecule has 3 rings (SSSR count). The predicted molar refractivity (Wildman–Crippen MR) is 88.0 cm³/mol. The molecule has 1 aliphatic heterocycles. The van der Waals surface area contributed by atoms with Crippen LogP contribution in [0.4, 0.5) is 0 Å². The van der Waals surface area contributed by atoms with Crippen LogP contribution in [0.3, 0.4) is 0 Å². The summed E-state index contributed by atoms with van der Waals surface area (Å²) in [7, 11) is 4.90. The summed E-state index contributed by atoms with van der Waals surface area (Å²) in [5.74, 6) is 3.76. The van der Waals surface area contributed by atoms with Crippen molar-refractivity contribution in [1.82, 2.24) is 0 Å². The third-order valence-corrected chi connectivity index (χ3v) is 3.97. The Kier molecular flexibility index (Phi) is 4.96. The summed E-state index contributed by atoms with van der Waals surface area (Å²) in [6.45, 7) is 1.89. The van der Waals surface area contributed by atoms with E-state index in [4.69, 9.17) is 23.7 Å². The number of methoxy groups -OCH3 is 3. The topological polar surface area (TPSA) is 62.8 Å². The van der Waals surface area contributed by atoms with E-state index < -0.39 is 0 Å². The molecule has 128 valence electrons. The van der Waals surface area contributed by atoms with E-state index in [0.29, 0.717) is 18.3 Å². The van der Waals surface area contributed by atoms with E-state index in [-0.39, 0.29) is 0 Å². The third-order valence-electron chi connectivity index (χ3n) is 3.97. The first-order valence-electron chi connectivity index (χ1n) is 7.74. The van der Waals surface area contributed by atoms with Gasteiger partial charge in [0.1, 0.15) is 18.8 Å². The standard InChI is InChI=1S/C18H21NO5/c1-20-15-8-17(22-3)16(21-2)7-13(15)10-19-9-12-4-5-14-18(6-12)24-11-23-14/h4-8,19H,9-11H2,1-3H3/p+1. The highest BCUT2D eigenvalue weighted by molar-refractivity contribution is 5.50. The first-order chi connectivity index (χ1) is 11.7. The molecule has 0 unspecified atom stereocenters. The number of rotatable bonds is 7. The van der Waals surface area contributed by atoms with Crippen molar-refractivity contribution in [2.45, 2.75) is 13.1 Å². The molecule has 1 aliphatic rings. The maximum atomic E-state index is 5.46. The van der Waals surface area contributed by atoms with Crippen molar-refractivity contribution in [1.29, 1.82) is 0 Å². The van der Waals surface area contributed by atoms with E-state index in [1.807, 2.05) is 24.3 Å². The van der Waals surface area contributed by atoms with Gasteiger partial charge < -0.3 is 29.0 Å². The van der Waals surface area contributed by atoms with Gasteiger partial charge in [-0.3, -0.25) is 0 Å². The Balaban J connectivity index is 1.67. The van der Waals surface area contributed by atoms with Crippen molar-refractivity contribution in [3.63, 3.8) is 0 Å². The Bertz CT molecular complexity index is 717. The summed E-state index contributed by atoms with van der Waals surface area (Å²) >= 11 is 0. The lowest BCUT2D eigenvalue weighted by Gasteiger charge is -2.13. The first kappa shape index (κ1) is 16.3. The maximum Gasteiger partial charge on any atom is 0.231 e.